The van der Waals surface area contributed by atoms with E-state index in [9.17, 15) is 9.18 Å². The topological polar surface area (TPSA) is 57.1 Å². The molecule has 4 aromatic rings. The first-order valence-corrected chi connectivity index (χ1v) is 12.0. The molecule has 0 bridgehead atoms. The fourth-order valence-electron chi connectivity index (χ4n) is 4.11. The third kappa shape index (κ3) is 6.05. The smallest absolute Gasteiger partial charge is 0.267 e. The van der Waals surface area contributed by atoms with Crippen LogP contribution in [0.5, 0.6) is 0 Å². The Morgan fingerprint density at radius 1 is 0.838 bits per heavy atom. The van der Waals surface area contributed by atoms with Crippen molar-refractivity contribution in [3.05, 3.63) is 143 Å². The summed E-state index contributed by atoms with van der Waals surface area (Å²) in [4.78, 5) is 12.1. The van der Waals surface area contributed by atoms with Crippen LogP contribution in [0.4, 0.5) is 10.1 Å². The van der Waals surface area contributed by atoms with Gasteiger partial charge in [0.05, 0.1) is 23.7 Å². The van der Waals surface area contributed by atoms with E-state index in [1.54, 1.807) is 6.21 Å². The third-order valence-electron chi connectivity index (χ3n) is 6.03. The molecule has 5 nitrogen and oxygen atoms in total. The van der Waals surface area contributed by atoms with Crippen LogP contribution < -0.4 is 10.4 Å². The zero-order chi connectivity index (χ0) is 25.5. The Morgan fingerprint density at radius 3 is 2.22 bits per heavy atom. The molecule has 0 unspecified atom stereocenters. The number of nitrogens with one attached hydrogen (secondary N) is 1. The molecule has 37 heavy (non-hydrogen) atoms. The lowest BCUT2D eigenvalue weighted by Crippen LogP contribution is -2.18. The van der Waals surface area contributed by atoms with Gasteiger partial charge in [0.2, 0.25) is 0 Å². The van der Waals surface area contributed by atoms with Gasteiger partial charge in [0.25, 0.3) is 5.91 Å². The molecule has 1 aliphatic rings. The van der Waals surface area contributed by atoms with Gasteiger partial charge in [-0.3, -0.25) is 9.80 Å². The molecule has 1 amide bonds. The van der Waals surface area contributed by atoms with Crippen molar-refractivity contribution in [2.45, 2.75) is 12.5 Å². The van der Waals surface area contributed by atoms with Gasteiger partial charge in [-0.2, -0.15) is 10.2 Å². The first-order valence-electron chi connectivity index (χ1n) is 12.0. The van der Waals surface area contributed by atoms with E-state index >= 15 is 0 Å². The maximum atomic E-state index is 13.0. The average Bonchev–Trinajstić information content (AvgIpc) is 3.38. The molecule has 5 rings (SSSR count). The molecule has 6 heteroatoms. The molecule has 0 fully saturated rings. The number of amides is 1. The van der Waals surface area contributed by atoms with E-state index in [-0.39, 0.29) is 6.04 Å². The third-order valence-corrected chi connectivity index (χ3v) is 6.03. The summed E-state index contributed by atoms with van der Waals surface area (Å²) < 4.78 is 13.0. The van der Waals surface area contributed by atoms with Crippen molar-refractivity contribution in [1.29, 1.82) is 0 Å². The fraction of sp³-hybridized carbons (Fsp3) is 0.0645. The highest BCUT2D eigenvalue weighted by atomic mass is 19.1. The minimum absolute atomic E-state index is 0.0890. The largest absolute Gasteiger partial charge is 0.271 e. The zero-order valence-corrected chi connectivity index (χ0v) is 20.0. The number of hydrogen-bond acceptors (Lipinski definition) is 4. The van der Waals surface area contributed by atoms with Gasteiger partial charge >= 0.3 is 0 Å². The Morgan fingerprint density at radius 2 is 1.51 bits per heavy atom. The van der Waals surface area contributed by atoms with E-state index in [0.29, 0.717) is 5.56 Å². The molecule has 0 aromatic heterocycles. The predicted octanol–water partition coefficient (Wildman–Crippen LogP) is 6.61. The number of hydrazone groups is 2. The first-order chi connectivity index (χ1) is 18.2. The number of anilines is 1. The zero-order valence-electron chi connectivity index (χ0n) is 20.0. The van der Waals surface area contributed by atoms with Gasteiger partial charge in [0.1, 0.15) is 5.82 Å². The molecule has 1 atom stereocenters. The van der Waals surface area contributed by atoms with Crippen molar-refractivity contribution in [3.63, 3.8) is 0 Å². The van der Waals surface area contributed by atoms with Crippen LogP contribution in [0.3, 0.4) is 0 Å². The highest BCUT2D eigenvalue weighted by Gasteiger charge is 2.28. The molecular formula is C31H25FN4O. The first kappa shape index (κ1) is 23.9. The second-order valence-electron chi connectivity index (χ2n) is 8.61. The van der Waals surface area contributed by atoms with Gasteiger partial charge in [0, 0.05) is 12.0 Å². The number of carbonyl (C=O) groups excluding carboxylic acids is 1. The van der Waals surface area contributed by atoms with Crippen LogP contribution in [0.1, 0.15) is 39.5 Å². The van der Waals surface area contributed by atoms with Gasteiger partial charge < -0.3 is 0 Å². The van der Waals surface area contributed by atoms with E-state index in [1.807, 2.05) is 60.7 Å². The lowest BCUT2D eigenvalue weighted by Gasteiger charge is -2.24. The summed E-state index contributed by atoms with van der Waals surface area (Å²) in [6, 6.07) is 33.8. The Balaban J connectivity index is 1.31. The molecule has 0 saturated heterocycles. The second kappa shape index (κ2) is 11.3. The fourth-order valence-corrected chi connectivity index (χ4v) is 4.11. The average molecular weight is 489 g/mol. The van der Waals surface area contributed by atoms with E-state index in [0.717, 1.165) is 28.9 Å². The molecule has 182 valence electrons. The van der Waals surface area contributed by atoms with Gasteiger partial charge in [-0.25, -0.2) is 9.82 Å². The summed E-state index contributed by atoms with van der Waals surface area (Å²) in [6.45, 7) is 0. The summed E-state index contributed by atoms with van der Waals surface area (Å²) in [6.07, 6.45) is 6.54. The molecule has 0 radical (unpaired) electrons. The maximum Gasteiger partial charge on any atom is 0.271 e. The molecule has 4 aromatic carbocycles. The van der Waals surface area contributed by atoms with Crippen LogP contribution in [0, 0.1) is 5.82 Å². The normalized spacial score (nSPS) is 15.3. The summed E-state index contributed by atoms with van der Waals surface area (Å²) in [5, 5.41) is 11.0. The summed E-state index contributed by atoms with van der Waals surface area (Å²) in [7, 11) is 0. The van der Waals surface area contributed by atoms with Gasteiger partial charge in [0.15, 0.2) is 0 Å². The van der Waals surface area contributed by atoms with Crippen molar-refractivity contribution < 1.29 is 9.18 Å². The highest BCUT2D eigenvalue weighted by molar-refractivity contribution is 6.01. The van der Waals surface area contributed by atoms with Crippen LogP contribution in [0.15, 0.2) is 125 Å². The molecule has 1 heterocycles. The van der Waals surface area contributed by atoms with Crippen molar-refractivity contribution in [2.75, 3.05) is 5.01 Å². The van der Waals surface area contributed by atoms with Crippen molar-refractivity contribution in [2.24, 2.45) is 10.2 Å². The Kier molecular flexibility index (Phi) is 7.27. The molecular weight excluding hydrogens is 463 g/mol. The number of carbonyl (C=O) groups is 1. The van der Waals surface area contributed by atoms with Crippen LogP contribution >= 0.6 is 0 Å². The van der Waals surface area contributed by atoms with Crippen LogP contribution in [0.2, 0.25) is 0 Å². The number of hydrogen-bond donors (Lipinski definition) is 1. The summed E-state index contributed by atoms with van der Waals surface area (Å²) in [5.74, 6) is -0.794. The van der Waals surface area contributed by atoms with Crippen LogP contribution in [-0.2, 0) is 0 Å². The lowest BCUT2D eigenvalue weighted by molar-refractivity contribution is 0.0955. The van der Waals surface area contributed by atoms with Gasteiger partial charge in [-0.05, 0) is 59.2 Å². The summed E-state index contributed by atoms with van der Waals surface area (Å²) >= 11 is 0. The minimum Gasteiger partial charge on any atom is -0.267 e. The molecule has 1 N–H and O–H groups in total. The molecule has 0 saturated carbocycles. The van der Waals surface area contributed by atoms with Crippen molar-refractivity contribution in [1.82, 2.24) is 5.43 Å². The minimum atomic E-state index is -0.402. The van der Waals surface area contributed by atoms with Crippen molar-refractivity contribution in [3.8, 4) is 0 Å². The van der Waals surface area contributed by atoms with E-state index in [4.69, 9.17) is 5.10 Å². The summed E-state index contributed by atoms with van der Waals surface area (Å²) in [5.41, 5.74) is 7.93. The Bertz CT molecular complexity index is 1430. The standard InChI is InChI=1S/C31H25FN4O/c32-27-16-14-26(15-17-27)31(37)34-33-22-24-12-19-29(20-13-24)36-30(25-9-5-2-6-10-25)21-28(35-36)18-11-23-7-3-1-4-8-23/h1-20,22,30H,21H2,(H,34,37)/b18-11+,33-22-/t30-/m0/s1. The molecule has 0 spiro atoms. The highest BCUT2D eigenvalue weighted by Crippen LogP contribution is 2.35. The SMILES string of the molecule is O=C(N/N=C\c1ccc(N2N=C(/C=C/c3ccccc3)C[C@H]2c2ccccc2)cc1)c1ccc(F)cc1. The molecule has 0 aliphatic carbocycles. The quantitative estimate of drug-likeness (QED) is 0.235. The van der Waals surface area contributed by atoms with Crippen molar-refractivity contribution >= 4 is 29.6 Å². The number of nitrogens with zero attached hydrogens (tertiary/aromatic N) is 3. The predicted molar refractivity (Wildman–Crippen MR) is 147 cm³/mol. The molecule has 1 aliphatic heterocycles. The van der Waals surface area contributed by atoms with Crippen LogP contribution in [0.25, 0.3) is 6.08 Å². The number of halogens is 1. The number of allylic oxidation sites excluding steroid dienone is 1. The van der Waals surface area contributed by atoms with E-state index in [2.05, 4.69) is 52.0 Å². The lowest BCUT2D eigenvalue weighted by atomic mass is 10.0. The Labute approximate surface area is 215 Å². The number of benzene rings is 4. The van der Waals surface area contributed by atoms with Gasteiger partial charge in [-0.1, -0.05) is 78.9 Å². The van der Waals surface area contributed by atoms with E-state index < -0.39 is 11.7 Å². The second-order valence-corrected chi connectivity index (χ2v) is 8.61. The number of rotatable bonds is 7. The monoisotopic (exact) mass is 488 g/mol. The van der Waals surface area contributed by atoms with E-state index in [1.165, 1.54) is 29.8 Å². The maximum absolute atomic E-state index is 13.0. The van der Waals surface area contributed by atoms with Crippen LogP contribution in [-0.4, -0.2) is 17.8 Å². The Hall–Kier alpha value is -4.84. The van der Waals surface area contributed by atoms with Gasteiger partial charge in [-0.15, -0.1) is 0 Å².